The molecule has 1 fully saturated rings. The molecule has 0 radical (unpaired) electrons. The summed E-state index contributed by atoms with van der Waals surface area (Å²) in [6, 6.07) is 31.0. The highest BCUT2D eigenvalue weighted by Gasteiger charge is 2.70. The molecule has 3 aliphatic heterocycles. The number of anilines is 1. The SMILES string of the molecule is N#CCOc1ccccc1C(=O)[C@@H]1[C@H](C(=O)c2ccccc2)[C@@]2(C(=O)Nc3ccccc32)[C@H]2c3ccccc3C=CN12. The Labute approximate surface area is 242 Å². The molecule has 3 heterocycles. The third kappa shape index (κ3) is 3.55. The number of Topliss-reactive ketones (excluding diaryl/α,β-unsaturated/α-hetero) is 2. The second-order valence-corrected chi connectivity index (χ2v) is 10.6. The summed E-state index contributed by atoms with van der Waals surface area (Å²) in [7, 11) is 0. The summed E-state index contributed by atoms with van der Waals surface area (Å²) >= 11 is 0. The van der Waals surface area contributed by atoms with Crippen molar-refractivity contribution in [1.29, 1.82) is 5.26 Å². The number of ketones is 2. The zero-order valence-electron chi connectivity index (χ0n) is 22.4. The maximum absolute atomic E-state index is 14.8. The number of benzene rings is 4. The molecule has 1 saturated heterocycles. The summed E-state index contributed by atoms with van der Waals surface area (Å²) < 4.78 is 5.65. The van der Waals surface area contributed by atoms with E-state index >= 15 is 0 Å². The van der Waals surface area contributed by atoms with Gasteiger partial charge < -0.3 is 15.0 Å². The minimum atomic E-state index is -1.41. The Morgan fingerprint density at radius 2 is 1.60 bits per heavy atom. The van der Waals surface area contributed by atoms with Gasteiger partial charge in [0.1, 0.15) is 23.3 Å². The molecule has 0 unspecified atom stereocenters. The van der Waals surface area contributed by atoms with E-state index in [1.807, 2.05) is 77.8 Å². The van der Waals surface area contributed by atoms with E-state index in [1.165, 1.54) is 0 Å². The van der Waals surface area contributed by atoms with Gasteiger partial charge in [0.25, 0.3) is 0 Å². The van der Waals surface area contributed by atoms with Crippen molar-refractivity contribution in [2.24, 2.45) is 5.92 Å². The highest BCUT2D eigenvalue weighted by atomic mass is 16.5. The van der Waals surface area contributed by atoms with Crippen LogP contribution in [0.25, 0.3) is 6.08 Å². The largest absolute Gasteiger partial charge is 0.478 e. The molecule has 204 valence electrons. The molecule has 42 heavy (non-hydrogen) atoms. The normalized spacial score (nSPS) is 23.0. The molecule has 0 aliphatic carbocycles. The summed E-state index contributed by atoms with van der Waals surface area (Å²) in [5.41, 5.74) is 2.36. The monoisotopic (exact) mass is 551 g/mol. The fourth-order valence-corrected chi connectivity index (χ4v) is 7.02. The van der Waals surface area contributed by atoms with Crippen LogP contribution in [0.5, 0.6) is 5.75 Å². The molecule has 0 aromatic heterocycles. The highest BCUT2D eigenvalue weighted by molar-refractivity contribution is 6.17. The summed E-state index contributed by atoms with van der Waals surface area (Å²) in [5, 5.41) is 12.2. The summed E-state index contributed by atoms with van der Waals surface area (Å²) in [6.45, 7) is -0.235. The van der Waals surface area contributed by atoms with Crippen molar-refractivity contribution < 1.29 is 19.1 Å². The summed E-state index contributed by atoms with van der Waals surface area (Å²) in [6.07, 6.45) is 3.76. The smallest absolute Gasteiger partial charge is 0.238 e. The quantitative estimate of drug-likeness (QED) is 0.315. The second-order valence-electron chi connectivity index (χ2n) is 10.6. The molecule has 0 saturated carbocycles. The van der Waals surface area contributed by atoms with E-state index in [4.69, 9.17) is 10.00 Å². The fourth-order valence-electron chi connectivity index (χ4n) is 7.02. The minimum Gasteiger partial charge on any atom is -0.478 e. The molecular weight excluding hydrogens is 526 g/mol. The van der Waals surface area contributed by atoms with Crippen LogP contribution in [0.15, 0.2) is 109 Å². The number of nitrogens with zero attached hydrogens (tertiary/aromatic N) is 2. The van der Waals surface area contributed by atoms with Crippen molar-refractivity contribution in [2.45, 2.75) is 17.5 Å². The lowest BCUT2D eigenvalue weighted by Gasteiger charge is -2.38. The first-order chi connectivity index (χ1) is 20.6. The molecule has 4 aromatic carbocycles. The van der Waals surface area contributed by atoms with Crippen molar-refractivity contribution in [2.75, 3.05) is 11.9 Å². The van der Waals surface area contributed by atoms with E-state index in [1.54, 1.807) is 48.5 Å². The van der Waals surface area contributed by atoms with Crippen LogP contribution in [-0.4, -0.2) is 35.0 Å². The zero-order valence-corrected chi connectivity index (χ0v) is 22.4. The fraction of sp³-hybridized carbons (Fsp3) is 0.143. The van der Waals surface area contributed by atoms with Crippen molar-refractivity contribution in [3.8, 4) is 11.8 Å². The Hall–Kier alpha value is -5.48. The van der Waals surface area contributed by atoms with Gasteiger partial charge in [0, 0.05) is 17.5 Å². The van der Waals surface area contributed by atoms with E-state index in [0.29, 0.717) is 16.8 Å². The minimum absolute atomic E-state index is 0.235. The Bertz CT molecular complexity index is 1830. The molecular formula is C35H25N3O4. The maximum Gasteiger partial charge on any atom is 0.238 e. The van der Waals surface area contributed by atoms with Gasteiger partial charge >= 0.3 is 0 Å². The first kappa shape index (κ1) is 25.5. The third-order valence-electron chi connectivity index (χ3n) is 8.62. The number of hydrogen-bond acceptors (Lipinski definition) is 6. The Morgan fingerprint density at radius 1 is 0.881 bits per heavy atom. The predicted molar refractivity (Wildman–Crippen MR) is 157 cm³/mol. The molecule has 1 spiro atoms. The molecule has 7 nitrogen and oxygen atoms in total. The summed E-state index contributed by atoms with van der Waals surface area (Å²) in [4.78, 5) is 45.9. The molecule has 1 amide bonds. The second kappa shape index (κ2) is 9.86. The van der Waals surface area contributed by atoms with Gasteiger partial charge in [0.2, 0.25) is 5.91 Å². The van der Waals surface area contributed by atoms with E-state index < -0.39 is 23.4 Å². The van der Waals surface area contributed by atoms with Gasteiger partial charge in [-0.05, 0) is 41.0 Å². The van der Waals surface area contributed by atoms with E-state index in [2.05, 4.69) is 5.32 Å². The highest BCUT2D eigenvalue weighted by Crippen LogP contribution is 2.62. The van der Waals surface area contributed by atoms with Crippen molar-refractivity contribution in [1.82, 2.24) is 4.90 Å². The molecule has 7 heteroatoms. The summed E-state index contributed by atoms with van der Waals surface area (Å²) in [5.74, 6) is -1.80. The number of ether oxygens (including phenoxy) is 1. The van der Waals surface area contributed by atoms with Crippen LogP contribution in [0.2, 0.25) is 0 Å². The molecule has 7 rings (SSSR count). The number of nitriles is 1. The number of fused-ring (bicyclic) bond motifs is 6. The number of para-hydroxylation sites is 2. The standard InChI is InChI=1S/C35H25N3O4/c36-19-21-42-28-17-9-6-14-25(28)32(40)30-29(31(39)23-11-2-1-3-12-23)35(26-15-7-8-16-27(26)37-34(35)41)33-24-13-5-4-10-22(24)18-20-38(30)33/h1-18,20,29-30,33H,21H2,(H,37,41)/t29-,30+,33-,35-/m1/s1. The van der Waals surface area contributed by atoms with Gasteiger partial charge in [-0.1, -0.05) is 84.9 Å². The number of hydrogen-bond donors (Lipinski definition) is 1. The molecule has 3 aliphatic rings. The zero-order chi connectivity index (χ0) is 28.8. The van der Waals surface area contributed by atoms with E-state index in [9.17, 15) is 14.4 Å². The van der Waals surface area contributed by atoms with Gasteiger partial charge in [-0.3, -0.25) is 14.4 Å². The number of rotatable bonds is 6. The Morgan fingerprint density at radius 3 is 2.43 bits per heavy atom. The Balaban J connectivity index is 1.52. The predicted octanol–water partition coefficient (Wildman–Crippen LogP) is 5.57. The van der Waals surface area contributed by atoms with Crippen LogP contribution in [0.3, 0.4) is 0 Å². The number of nitrogens with one attached hydrogen (secondary N) is 1. The lowest BCUT2D eigenvalue weighted by atomic mass is 9.62. The number of carbonyl (C=O) groups is 3. The lowest BCUT2D eigenvalue weighted by molar-refractivity contribution is -0.122. The van der Waals surface area contributed by atoms with Crippen LogP contribution in [0.4, 0.5) is 5.69 Å². The van der Waals surface area contributed by atoms with Crippen LogP contribution in [-0.2, 0) is 10.2 Å². The van der Waals surface area contributed by atoms with Gasteiger partial charge in [0.05, 0.1) is 17.5 Å². The molecule has 4 aromatic rings. The lowest BCUT2D eigenvalue weighted by Crippen LogP contribution is -2.49. The maximum atomic E-state index is 14.8. The van der Waals surface area contributed by atoms with Crippen molar-refractivity contribution in [3.63, 3.8) is 0 Å². The van der Waals surface area contributed by atoms with E-state index in [-0.39, 0.29) is 35.4 Å². The Kier molecular flexibility index (Phi) is 5.98. The van der Waals surface area contributed by atoms with Gasteiger partial charge in [-0.15, -0.1) is 0 Å². The van der Waals surface area contributed by atoms with Gasteiger partial charge in [0.15, 0.2) is 18.2 Å². The number of carbonyl (C=O) groups excluding carboxylic acids is 3. The van der Waals surface area contributed by atoms with Crippen LogP contribution < -0.4 is 10.1 Å². The molecule has 4 atom stereocenters. The average Bonchev–Trinajstić information content (AvgIpc) is 3.52. The first-order valence-corrected chi connectivity index (χ1v) is 13.7. The van der Waals surface area contributed by atoms with E-state index in [0.717, 1.165) is 11.1 Å². The van der Waals surface area contributed by atoms with Crippen LogP contribution in [0, 0.1) is 17.2 Å². The molecule has 1 N–H and O–H groups in total. The van der Waals surface area contributed by atoms with Crippen LogP contribution >= 0.6 is 0 Å². The van der Waals surface area contributed by atoms with Crippen molar-refractivity contribution in [3.05, 3.63) is 137 Å². The molecule has 0 bridgehead atoms. The van der Waals surface area contributed by atoms with Gasteiger partial charge in [-0.25, -0.2) is 0 Å². The van der Waals surface area contributed by atoms with Crippen LogP contribution in [0.1, 0.15) is 43.4 Å². The average molecular weight is 552 g/mol. The topological polar surface area (TPSA) is 99.5 Å². The third-order valence-corrected chi connectivity index (χ3v) is 8.62. The van der Waals surface area contributed by atoms with Gasteiger partial charge in [-0.2, -0.15) is 5.26 Å². The van der Waals surface area contributed by atoms with Crippen molar-refractivity contribution >= 4 is 29.2 Å². The first-order valence-electron chi connectivity index (χ1n) is 13.7. The number of amides is 1.